The van der Waals surface area contributed by atoms with Gasteiger partial charge < -0.3 is 0 Å². The third kappa shape index (κ3) is 8.06. The van der Waals surface area contributed by atoms with Crippen molar-refractivity contribution in [3.63, 3.8) is 0 Å². The van der Waals surface area contributed by atoms with Crippen LogP contribution in [0.2, 0.25) is 0 Å². The maximum atomic E-state index is 4.91. The molecule has 0 saturated carbocycles. The van der Waals surface area contributed by atoms with Crippen LogP contribution in [0.4, 0.5) is 0 Å². The van der Waals surface area contributed by atoms with Gasteiger partial charge in [-0.15, -0.1) is 0 Å². The van der Waals surface area contributed by atoms with Crippen molar-refractivity contribution in [3.05, 3.63) is 238 Å². The minimum absolute atomic E-state index is 0.824. The molecule has 9 heteroatoms. The van der Waals surface area contributed by atoms with E-state index in [0.717, 1.165) is 134 Å². The maximum Gasteiger partial charge on any atom is 0.0886 e. The Hall–Kier alpha value is -9.99. The molecular weight excluding hydrogens is 883 g/mol. The summed E-state index contributed by atoms with van der Waals surface area (Å²) in [5, 5.41) is 6.96. The Morgan fingerprint density at radius 1 is 0.167 bits per heavy atom. The van der Waals surface area contributed by atoms with Gasteiger partial charge in [0.2, 0.25) is 0 Å². The zero-order valence-electron chi connectivity index (χ0n) is 38.5. The molecule has 336 valence electrons. The Labute approximate surface area is 414 Å². The molecule has 9 aromatic heterocycles. The average Bonchev–Trinajstić information content (AvgIpc) is 3.48. The molecule has 9 nitrogen and oxygen atoms in total. The fraction of sp³-hybridized carbons (Fsp3) is 0. The first-order valence-electron chi connectivity index (χ1n) is 23.6. The van der Waals surface area contributed by atoms with E-state index >= 15 is 0 Å². The summed E-state index contributed by atoms with van der Waals surface area (Å²) >= 11 is 0. The van der Waals surface area contributed by atoms with Crippen LogP contribution in [0.25, 0.3) is 134 Å². The molecule has 0 aliphatic rings. The van der Waals surface area contributed by atoms with Gasteiger partial charge in [0, 0.05) is 89.2 Å². The maximum absolute atomic E-state index is 4.91. The molecule has 4 aromatic carbocycles. The van der Waals surface area contributed by atoms with Crippen molar-refractivity contribution in [1.82, 2.24) is 44.9 Å². The van der Waals surface area contributed by atoms with E-state index in [1.807, 2.05) is 128 Å². The molecule has 0 aliphatic carbocycles. The summed E-state index contributed by atoms with van der Waals surface area (Å²) in [4.78, 5) is 42.1. The molecule has 0 atom stereocenters. The van der Waals surface area contributed by atoms with E-state index in [2.05, 4.69) is 121 Å². The van der Waals surface area contributed by atoms with Crippen LogP contribution in [0, 0.1) is 0 Å². The molecule has 0 radical (unpaired) electrons. The predicted octanol–water partition coefficient (Wildman–Crippen LogP) is 14.7. The number of pyridine rings is 9. The molecule has 0 amide bonds. The summed E-state index contributed by atoms with van der Waals surface area (Å²) in [7, 11) is 0. The van der Waals surface area contributed by atoms with Gasteiger partial charge in [0.1, 0.15) is 0 Å². The van der Waals surface area contributed by atoms with Crippen molar-refractivity contribution in [2.75, 3.05) is 0 Å². The molecular formula is C63H39N9. The predicted molar refractivity (Wildman–Crippen MR) is 288 cm³/mol. The van der Waals surface area contributed by atoms with Crippen LogP contribution in [0.1, 0.15) is 0 Å². The fourth-order valence-corrected chi connectivity index (χ4v) is 9.38. The Morgan fingerprint density at radius 2 is 0.417 bits per heavy atom. The van der Waals surface area contributed by atoms with Crippen molar-refractivity contribution in [2.24, 2.45) is 0 Å². The molecule has 13 rings (SSSR count). The normalized spacial score (nSPS) is 11.3. The van der Waals surface area contributed by atoms with Crippen LogP contribution in [0.15, 0.2) is 238 Å². The van der Waals surface area contributed by atoms with Gasteiger partial charge in [0.25, 0.3) is 0 Å². The number of nitrogens with zero attached hydrogens (tertiary/aromatic N) is 9. The highest BCUT2D eigenvalue weighted by molar-refractivity contribution is 6.26. The molecule has 0 N–H and O–H groups in total. The lowest BCUT2D eigenvalue weighted by Crippen LogP contribution is -1.91. The van der Waals surface area contributed by atoms with Crippen LogP contribution in [0.3, 0.4) is 0 Å². The third-order valence-electron chi connectivity index (χ3n) is 13.2. The van der Waals surface area contributed by atoms with Crippen molar-refractivity contribution in [1.29, 1.82) is 0 Å². The van der Waals surface area contributed by atoms with E-state index in [1.165, 1.54) is 0 Å². The van der Waals surface area contributed by atoms with Crippen LogP contribution < -0.4 is 0 Å². The summed E-state index contributed by atoms with van der Waals surface area (Å²) in [6.07, 6.45) is 16.8. The Morgan fingerprint density at radius 3 is 0.667 bits per heavy atom. The van der Waals surface area contributed by atoms with Crippen LogP contribution in [0.5, 0.6) is 0 Å². The van der Waals surface area contributed by atoms with Gasteiger partial charge in [-0.25, -0.2) is 0 Å². The van der Waals surface area contributed by atoms with E-state index in [0.29, 0.717) is 0 Å². The SMILES string of the molecule is c1ccc(-c2ccc(-c3ccc(-c4ccc5c(c4)c4ccc(-c6ccc(-c7ccc(-c8ccccn8)nc7)nc6)cc4c4ccc(-c6ccc(-c7ccc(-c8ccccn8)nc7)nc6)cc54)cn3)cn2)nc1. The lowest BCUT2D eigenvalue weighted by Gasteiger charge is -2.15. The molecule has 0 fully saturated rings. The summed E-state index contributed by atoms with van der Waals surface area (Å²) in [6.45, 7) is 0. The standard InChI is InChI=1S/C63H39N9/c1-4-28-64-58(7-1)61-25-16-46(37-70-61)55-22-13-43(34-67-55)40-10-19-49-52(31-40)50-20-11-41(44-14-23-56(68-35-44)47-17-26-62(71-38-47)59-8-2-5-29-65-59)33-54(50)51-21-12-42(32-53(49)51)45-15-24-57(69-36-45)48-18-27-63(72-39-48)60-9-3-6-30-66-60/h1-39H. The molecule has 0 unspecified atom stereocenters. The average molecular weight is 922 g/mol. The van der Waals surface area contributed by atoms with Crippen LogP contribution >= 0.6 is 0 Å². The van der Waals surface area contributed by atoms with Gasteiger partial charge in [-0.1, -0.05) is 72.8 Å². The third-order valence-corrected chi connectivity index (χ3v) is 13.2. The van der Waals surface area contributed by atoms with E-state index in [4.69, 9.17) is 15.0 Å². The summed E-state index contributed by atoms with van der Waals surface area (Å²) in [5.41, 5.74) is 16.7. The van der Waals surface area contributed by atoms with Crippen molar-refractivity contribution >= 4 is 32.3 Å². The first-order valence-corrected chi connectivity index (χ1v) is 23.6. The molecule has 0 aliphatic heterocycles. The number of hydrogen-bond donors (Lipinski definition) is 0. The second-order valence-corrected chi connectivity index (χ2v) is 17.5. The highest BCUT2D eigenvalue weighted by Crippen LogP contribution is 2.41. The number of hydrogen-bond acceptors (Lipinski definition) is 9. The minimum atomic E-state index is 0.824. The van der Waals surface area contributed by atoms with Gasteiger partial charge in [-0.05, 0) is 158 Å². The molecule has 0 saturated heterocycles. The second kappa shape index (κ2) is 18.2. The second-order valence-electron chi connectivity index (χ2n) is 17.5. The Bertz CT molecular complexity index is 3600. The molecule has 0 bridgehead atoms. The van der Waals surface area contributed by atoms with E-state index in [-0.39, 0.29) is 0 Å². The lowest BCUT2D eigenvalue weighted by molar-refractivity contribution is 1.24. The lowest BCUT2D eigenvalue weighted by atomic mass is 9.89. The zero-order valence-corrected chi connectivity index (χ0v) is 38.5. The van der Waals surface area contributed by atoms with Crippen molar-refractivity contribution in [2.45, 2.75) is 0 Å². The first kappa shape index (κ1) is 42.1. The first-order chi connectivity index (χ1) is 35.6. The monoisotopic (exact) mass is 921 g/mol. The summed E-state index contributed by atoms with van der Waals surface area (Å²) in [5.74, 6) is 0. The summed E-state index contributed by atoms with van der Waals surface area (Å²) < 4.78 is 0. The van der Waals surface area contributed by atoms with Gasteiger partial charge in [-0.2, -0.15) is 0 Å². The Kier molecular flexibility index (Phi) is 10.6. The van der Waals surface area contributed by atoms with E-state index < -0.39 is 0 Å². The van der Waals surface area contributed by atoms with E-state index in [9.17, 15) is 0 Å². The highest BCUT2D eigenvalue weighted by atomic mass is 14.8. The molecule has 9 heterocycles. The molecule has 72 heavy (non-hydrogen) atoms. The van der Waals surface area contributed by atoms with Crippen molar-refractivity contribution in [3.8, 4) is 101 Å². The Balaban J connectivity index is 0.861. The van der Waals surface area contributed by atoms with Crippen LogP contribution in [-0.4, -0.2) is 44.9 Å². The van der Waals surface area contributed by atoms with Gasteiger partial charge in [0.05, 0.1) is 51.2 Å². The quantitative estimate of drug-likeness (QED) is 0.130. The number of rotatable bonds is 9. The minimum Gasteiger partial charge on any atom is -0.256 e. The van der Waals surface area contributed by atoms with Crippen LogP contribution in [-0.2, 0) is 0 Å². The molecule has 0 spiro atoms. The number of benzene rings is 4. The van der Waals surface area contributed by atoms with Gasteiger partial charge in [0.15, 0.2) is 0 Å². The smallest absolute Gasteiger partial charge is 0.0886 e. The largest absolute Gasteiger partial charge is 0.256 e. The van der Waals surface area contributed by atoms with Gasteiger partial charge in [-0.3, -0.25) is 44.9 Å². The van der Waals surface area contributed by atoms with E-state index in [1.54, 1.807) is 18.6 Å². The number of fused-ring (bicyclic) bond motifs is 6. The molecule has 13 aromatic rings. The fourth-order valence-electron chi connectivity index (χ4n) is 9.38. The number of aromatic nitrogens is 9. The summed E-state index contributed by atoms with van der Waals surface area (Å²) in [6, 6.07) is 62.5. The highest BCUT2D eigenvalue weighted by Gasteiger charge is 2.15. The zero-order chi connectivity index (χ0) is 47.8. The topological polar surface area (TPSA) is 116 Å². The van der Waals surface area contributed by atoms with Crippen molar-refractivity contribution < 1.29 is 0 Å². The van der Waals surface area contributed by atoms with Gasteiger partial charge >= 0.3 is 0 Å².